The zero-order chi connectivity index (χ0) is 18.7. The molecule has 2 aromatic rings. The molecule has 5 heteroatoms. The number of aromatic nitrogens is 1. The predicted octanol–water partition coefficient (Wildman–Crippen LogP) is 3.40. The molecule has 2 saturated heterocycles. The van der Waals surface area contributed by atoms with E-state index >= 15 is 0 Å². The Morgan fingerprint density at radius 2 is 1.93 bits per heavy atom. The first-order valence-corrected chi connectivity index (χ1v) is 10.3. The van der Waals surface area contributed by atoms with Crippen molar-refractivity contribution >= 4 is 22.7 Å². The normalized spacial score (nSPS) is 27.7. The first-order valence-electron chi connectivity index (χ1n) is 10.3. The zero-order valence-electron chi connectivity index (χ0n) is 16.1. The summed E-state index contributed by atoms with van der Waals surface area (Å²) in [5, 5.41) is 1.20. The van der Waals surface area contributed by atoms with Crippen LogP contribution < -0.4 is 0 Å². The summed E-state index contributed by atoms with van der Waals surface area (Å²) in [6, 6.07) is 7.68. The highest BCUT2D eigenvalue weighted by Gasteiger charge is 2.52. The molecule has 0 spiro atoms. The number of rotatable bonds is 2. The van der Waals surface area contributed by atoms with E-state index in [4.69, 9.17) is 0 Å². The molecule has 0 unspecified atom stereocenters. The molecule has 3 aliphatic heterocycles. The summed E-state index contributed by atoms with van der Waals surface area (Å²) in [6.07, 6.45) is 4.35. The number of H-pyrrole nitrogens is 1. The van der Waals surface area contributed by atoms with E-state index in [0.717, 1.165) is 43.4 Å². The number of carbonyl (C=O) groups excluding carboxylic acids is 2. The standard InChI is InChI=1S/C22H27N3O2/c1-13(2)11-18-20-15(14-7-3-4-8-16(14)23-20)12-19-21(26)24-10-6-5-9-17(24)22(27)25(18)19/h3-4,7-8,13,17-19,23H,5-6,9-12H2,1-2H3/t17-,18-,19+/m0/s1. The molecule has 142 valence electrons. The number of carbonyl (C=O) groups is 2. The minimum atomic E-state index is -0.345. The molecule has 1 N–H and O–H groups in total. The topological polar surface area (TPSA) is 56.4 Å². The Bertz CT molecular complexity index is 915. The summed E-state index contributed by atoms with van der Waals surface area (Å²) in [5.74, 6) is 0.763. The van der Waals surface area contributed by atoms with E-state index in [2.05, 4.69) is 37.0 Å². The number of amides is 2. The highest BCUT2D eigenvalue weighted by atomic mass is 16.2. The summed E-state index contributed by atoms with van der Waals surface area (Å²) in [6.45, 7) is 5.11. The van der Waals surface area contributed by atoms with Crippen molar-refractivity contribution < 1.29 is 9.59 Å². The predicted molar refractivity (Wildman–Crippen MR) is 104 cm³/mol. The van der Waals surface area contributed by atoms with Crippen LogP contribution in [0, 0.1) is 5.92 Å². The lowest BCUT2D eigenvalue weighted by atomic mass is 9.83. The molecule has 3 aliphatic rings. The highest BCUT2D eigenvalue weighted by Crippen LogP contribution is 2.43. The van der Waals surface area contributed by atoms with Crippen molar-refractivity contribution in [3.05, 3.63) is 35.5 Å². The van der Waals surface area contributed by atoms with E-state index in [0.29, 0.717) is 12.3 Å². The lowest BCUT2D eigenvalue weighted by Gasteiger charge is -2.51. The molecular weight excluding hydrogens is 338 g/mol. The molecule has 5 nitrogen and oxygen atoms in total. The molecule has 4 heterocycles. The van der Waals surface area contributed by atoms with Crippen LogP contribution in [-0.4, -0.2) is 45.2 Å². The smallest absolute Gasteiger partial charge is 0.246 e. The van der Waals surface area contributed by atoms with Crippen molar-refractivity contribution in [2.75, 3.05) is 6.54 Å². The second-order valence-corrected chi connectivity index (χ2v) is 8.72. The molecule has 5 rings (SSSR count). The summed E-state index contributed by atoms with van der Waals surface area (Å²) < 4.78 is 0. The van der Waals surface area contributed by atoms with Crippen molar-refractivity contribution in [3.63, 3.8) is 0 Å². The fourth-order valence-corrected chi connectivity index (χ4v) is 5.38. The van der Waals surface area contributed by atoms with Gasteiger partial charge in [-0.1, -0.05) is 32.0 Å². The van der Waals surface area contributed by atoms with Crippen molar-refractivity contribution in [3.8, 4) is 0 Å². The molecule has 1 aromatic carbocycles. The van der Waals surface area contributed by atoms with Gasteiger partial charge < -0.3 is 14.8 Å². The van der Waals surface area contributed by atoms with Crippen LogP contribution in [0.1, 0.15) is 56.8 Å². The molecule has 27 heavy (non-hydrogen) atoms. The lowest BCUT2D eigenvalue weighted by molar-refractivity contribution is -0.168. The Kier molecular flexibility index (Phi) is 3.81. The average molecular weight is 365 g/mol. The van der Waals surface area contributed by atoms with Gasteiger partial charge in [-0.15, -0.1) is 0 Å². The van der Waals surface area contributed by atoms with Gasteiger partial charge in [-0.2, -0.15) is 0 Å². The Morgan fingerprint density at radius 1 is 1.11 bits per heavy atom. The molecule has 0 aliphatic carbocycles. The third-order valence-corrected chi connectivity index (χ3v) is 6.55. The second-order valence-electron chi connectivity index (χ2n) is 8.72. The van der Waals surface area contributed by atoms with Gasteiger partial charge in [0, 0.05) is 29.6 Å². The number of aromatic amines is 1. The number of nitrogens with one attached hydrogen (secondary N) is 1. The highest BCUT2D eigenvalue weighted by molar-refractivity contribution is 5.99. The number of piperidine rings is 1. The van der Waals surface area contributed by atoms with Crippen molar-refractivity contribution in [2.24, 2.45) is 5.92 Å². The number of para-hydroxylation sites is 1. The van der Waals surface area contributed by atoms with Crippen LogP contribution in [0.3, 0.4) is 0 Å². The van der Waals surface area contributed by atoms with Crippen LogP contribution in [-0.2, 0) is 16.0 Å². The maximum atomic E-state index is 13.5. The zero-order valence-corrected chi connectivity index (χ0v) is 16.1. The van der Waals surface area contributed by atoms with Gasteiger partial charge in [-0.25, -0.2) is 0 Å². The summed E-state index contributed by atoms with van der Waals surface area (Å²) >= 11 is 0. The van der Waals surface area contributed by atoms with E-state index in [9.17, 15) is 9.59 Å². The van der Waals surface area contributed by atoms with Crippen LogP contribution in [0.4, 0.5) is 0 Å². The van der Waals surface area contributed by atoms with Gasteiger partial charge in [0.05, 0.1) is 6.04 Å². The number of nitrogens with zero attached hydrogens (tertiary/aromatic N) is 2. The van der Waals surface area contributed by atoms with E-state index in [-0.39, 0.29) is 29.9 Å². The second kappa shape index (κ2) is 6.11. The fraction of sp³-hybridized carbons (Fsp3) is 0.545. The minimum absolute atomic E-state index is 0.0355. The molecule has 3 atom stereocenters. The number of fused-ring (bicyclic) bond motifs is 5. The van der Waals surface area contributed by atoms with Gasteiger partial charge in [-0.05, 0) is 43.2 Å². The maximum absolute atomic E-state index is 13.5. The van der Waals surface area contributed by atoms with E-state index in [1.54, 1.807) is 0 Å². The largest absolute Gasteiger partial charge is 0.356 e. The van der Waals surface area contributed by atoms with Crippen LogP contribution in [0.25, 0.3) is 10.9 Å². The van der Waals surface area contributed by atoms with Gasteiger partial charge in [-0.3, -0.25) is 9.59 Å². The molecule has 1 aromatic heterocycles. The molecule has 0 saturated carbocycles. The van der Waals surface area contributed by atoms with Crippen LogP contribution >= 0.6 is 0 Å². The Morgan fingerprint density at radius 3 is 2.74 bits per heavy atom. The summed E-state index contributed by atoms with van der Waals surface area (Å²) in [5.41, 5.74) is 3.48. The van der Waals surface area contributed by atoms with Gasteiger partial charge in [0.2, 0.25) is 11.8 Å². The van der Waals surface area contributed by atoms with Crippen LogP contribution in [0.2, 0.25) is 0 Å². The average Bonchev–Trinajstić information content (AvgIpc) is 3.04. The van der Waals surface area contributed by atoms with E-state index in [1.165, 1.54) is 10.9 Å². The number of hydrogen-bond acceptors (Lipinski definition) is 2. The summed E-state index contributed by atoms with van der Waals surface area (Å²) in [4.78, 5) is 34.3. The Labute approximate surface area is 159 Å². The first-order chi connectivity index (χ1) is 13.1. The molecular formula is C22H27N3O2. The SMILES string of the molecule is CC(C)C[C@H]1c2[nH]c3ccccc3c2C[C@@H]2C(=O)N3CCCC[C@H]3C(=O)N21. The van der Waals surface area contributed by atoms with Gasteiger partial charge in [0.15, 0.2) is 0 Å². The Balaban J connectivity index is 1.66. The van der Waals surface area contributed by atoms with Gasteiger partial charge in [0.1, 0.15) is 12.1 Å². The van der Waals surface area contributed by atoms with E-state index in [1.807, 2.05) is 15.9 Å². The third kappa shape index (κ3) is 2.43. The lowest BCUT2D eigenvalue weighted by Crippen LogP contribution is -2.67. The molecule has 2 amide bonds. The summed E-state index contributed by atoms with van der Waals surface area (Å²) in [7, 11) is 0. The number of hydrogen-bond donors (Lipinski definition) is 1. The van der Waals surface area contributed by atoms with Gasteiger partial charge >= 0.3 is 0 Å². The van der Waals surface area contributed by atoms with Crippen LogP contribution in [0.15, 0.2) is 24.3 Å². The van der Waals surface area contributed by atoms with Crippen molar-refractivity contribution in [2.45, 2.75) is 64.1 Å². The van der Waals surface area contributed by atoms with Gasteiger partial charge in [0.25, 0.3) is 0 Å². The Hall–Kier alpha value is -2.30. The molecule has 0 bridgehead atoms. The van der Waals surface area contributed by atoms with Crippen molar-refractivity contribution in [1.29, 1.82) is 0 Å². The quantitative estimate of drug-likeness (QED) is 0.887. The van der Waals surface area contributed by atoms with Crippen molar-refractivity contribution in [1.82, 2.24) is 14.8 Å². The third-order valence-electron chi connectivity index (χ3n) is 6.55. The first kappa shape index (κ1) is 16.8. The monoisotopic (exact) mass is 365 g/mol. The minimum Gasteiger partial charge on any atom is -0.356 e. The van der Waals surface area contributed by atoms with Crippen LogP contribution in [0.5, 0.6) is 0 Å². The van der Waals surface area contributed by atoms with E-state index < -0.39 is 0 Å². The maximum Gasteiger partial charge on any atom is 0.246 e. The molecule has 0 radical (unpaired) electrons. The number of piperazine rings is 1. The number of benzene rings is 1. The fourth-order valence-electron chi connectivity index (χ4n) is 5.38. The molecule has 2 fully saturated rings.